The predicted molar refractivity (Wildman–Crippen MR) is 393 cm³/mol. The molecule has 1 saturated heterocycles. The van der Waals surface area contributed by atoms with Crippen molar-refractivity contribution in [2.75, 3.05) is 26.2 Å². The van der Waals surface area contributed by atoms with Gasteiger partial charge in [-0.15, -0.1) is 0 Å². The second-order valence-corrected chi connectivity index (χ2v) is 27.1. The van der Waals surface area contributed by atoms with Crippen LogP contribution >= 0.6 is 11.6 Å². The first-order valence-electron chi connectivity index (χ1n) is 34.2. The van der Waals surface area contributed by atoms with Crippen LogP contribution in [-0.2, 0) is 88.8 Å². The number of hydrogen-bond donors (Lipinski definition) is 18. The van der Waals surface area contributed by atoms with Gasteiger partial charge >= 0.3 is 16.4 Å². The fourth-order valence-corrected chi connectivity index (χ4v) is 11.5. The molecule has 6 rings (SSSR count). The first kappa shape index (κ1) is 86.6. The molecule has 0 unspecified atom stereocenters. The lowest BCUT2D eigenvalue weighted by molar-refractivity contribution is -0.142. The number of phenols is 1. The summed E-state index contributed by atoms with van der Waals surface area (Å²) in [6, 6.07) is 13.5. The zero-order valence-electron chi connectivity index (χ0n) is 59.4. The van der Waals surface area contributed by atoms with E-state index < -0.39 is 148 Å². The largest absolute Gasteiger partial charge is 0.508 e. The van der Waals surface area contributed by atoms with E-state index in [-0.39, 0.29) is 101 Å². The molecule has 1 aliphatic rings. The van der Waals surface area contributed by atoms with Gasteiger partial charge in [-0.3, -0.25) is 71.8 Å². The predicted octanol–water partition coefficient (Wildman–Crippen LogP) is -1.37. The highest BCUT2D eigenvalue weighted by Gasteiger charge is 2.40. The molecule has 1 fully saturated rings. The number of primary amides is 2. The topological polar surface area (TPSA) is 573 Å². The van der Waals surface area contributed by atoms with E-state index in [0.717, 1.165) is 10.8 Å². The number of fused-ring (bicyclic) bond motifs is 1. The number of phenolic OH excluding ortho intramolecular Hbond substituents is 1. The van der Waals surface area contributed by atoms with Crippen LogP contribution in [-0.4, -0.2) is 201 Å². The van der Waals surface area contributed by atoms with Crippen LogP contribution in [0.5, 0.6) is 5.75 Å². The molecule has 1 aromatic heterocycles. The maximum absolute atomic E-state index is 14.9. The van der Waals surface area contributed by atoms with Crippen molar-refractivity contribution in [1.29, 1.82) is 0 Å². The Morgan fingerprint density at radius 1 is 0.579 bits per heavy atom. The zero-order chi connectivity index (χ0) is 79.1. The Labute approximate surface area is 622 Å². The lowest BCUT2D eigenvalue weighted by Crippen LogP contribution is -2.61. The number of hydrogen-bond acceptors (Lipinski definition) is 18. The monoisotopic (exact) mass is 1530 g/mol. The molecular formula is C70H94ClN17O18S. The normalized spacial score (nSPS) is 15.0. The molecule has 0 radical (unpaired) electrons. The summed E-state index contributed by atoms with van der Waals surface area (Å²) in [6.45, 7) is 5.15. The number of rotatable bonds is 38. The van der Waals surface area contributed by atoms with Crippen LogP contribution < -0.4 is 76.1 Å². The number of carbonyl (C=O) groups is 12. The van der Waals surface area contributed by atoms with Gasteiger partial charge in [0.25, 0.3) is 0 Å². The van der Waals surface area contributed by atoms with Crippen LogP contribution in [0.4, 0.5) is 4.79 Å². The Morgan fingerprint density at radius 2 is 1.06 bits per heavy atom. The molecule has 10 atom stereocenters. The van der Waals surface area contributed by atoms with E-state index in [1.807, 2.05) is 42.5 Å². The minimum absolute atomic E-state index is 0.000209. The number of nitrogens with zero attached hydrogens (tertiary/aromatic N) is 3. The quantitative estimate of drug-likeness (QED) is 0.00938. The molecule has 4 aromatic carbocycles. The zero-order valence-corrected chi connectivity index (χ0v) is 60.9. The minimum atomic E-state index is -4.67. The van der Waals surface area contributed by atoms with Crippen LogP contribution in [0.25, 0.3) is 10.8 Å². The van der Waals surface area contributed by atoms with Crippen molar-refractivity contribution in [1.82, 2.24) is 63.1 Å². The number of nitrogens with one attached hydrogen (secondary N) is 10. The number of pyridine rings is 1. The molecule has 35 nitrogen and oxygen atoms in total. The number of aliphatic hydroxyl groups excluding tert-OH is 1. The van der Waals surface area contributed by atoms with Crippen LogP contribution in [0.1, 0.15) is 94.9 Å². The molecule has 13 amide bonds. The van der Waals surface area contributed by atoms with Gasteiger partial charge < -0.3 is 91.2 Å². The van der Waals surface area contributed by atoms with Gasteiger partial charge in [-0.2, -0.15) is 8.42 Å². The average Bonchev–Trinajstić information content (AvgIpc) is 1.77. The van der Waals surface area contributed by atoms with E-state index in [1.54, 1.807) is 50.2 Å². The molecule has 2 heterocycles. The fraction of sp³-hybridized carbons (Fsp3) is 0.429. The molecule has 1 aliphatic heterocycles. The number of aliphatic hydroxyl groups is 1. The smallest absolute Gasteiger partial charge is 0.394 e. The van der Waals surface area contributed by atoms with Crippen molar-refractivity contribution in [3.8, 4) is 5.75 Å². The number of carbonyl (C=O) groups excluding carboxylic acids is 12. The number of aliphatic imine (C=N–C) groups is 1. The standard InChI is InChI=1S/C70H92ClN17O14.H2O4S/c1-39(2)31-52(61(94)82-51(15-9-28-77-69(73)74)68(101)88-30-10-16-58(88)67(100)79-40(3)59(72)92)83-60(93)50(14-8-29-78-70(75)102)81-63(96)54(34-43-20-25-49(91)26-21-43)86-66(99)57(38-89)87-65(98)56(36-45-11-7-27-76-37-45)85-64(97)55(33-42-18-23-48(71)24-19-42)84-62(95)53(80-41(4)90)35-44-17-22-46-12-5-6-13-47(46)32-44;1-5(2,3)4/h5-7,11-13,17-27,32,37,39-40,50-58,89,91H,8-10,14-16,28-31,33-36,38H2,1-4H3,(H2,72,92)(H,79,100)(H,80,90)(H,81,96)(H,82,94)(H,83,93)(H,84,95)(H,85,97)(H,86,99)(H,87,98)(H4,73,74,77)(H3,75,78,102);(H2,1,2,3,4)/t40-,50-,51+,52+,53-,54+,55+,56-,57+,58+;/m1./s1. The molecule has 0 bridgehead atoms. The highest BCUT2D eigenvalue weighted by atomic mass is 35.5. The lowest BCUT2D eigenvalue weighted by Gasteiger charge is -2.31. The molecule has 0 spiro atoms. The lowest BCUT2D eigenvalue weighted by atomic mass is 9.99. The van der Waals surface area contributed by atoms with E-state index in [4.69, 9.17) is 52.1 Å². The summed E-state index contributed by atoms with van der Waals surface area (Å²) in [5.74, 6) is -9.82. The summed E-state index contributed by atoms with van der Waals surface area (Å²) in [6.07, 6.45) is 2.70. The SMILES string of the molecule is CC(=O)N[C@H](Cc1ccc2ccccc2c1)C(=O)N[C@@H](Cc1ccc(Cl)cc1)C(=O)N[C@H](Cc1cccnc1)C(=O)N[C@@H](CO)C(=O)N[C@@H](Cc1ccc(O)cc1)C(=O)N[C@H](CCCNC(N)=O)C(=O)N[C@@H](CC(C)C)C(=O)N[C@@H](CCCN=C(N)N)C(=O)N1CCC[C@H]1C(=O)N[C@H](C)C(N)=O.O=S(=O)(O)O. The number of aromatic nitrogens is 1. The minimum Gasteiger partial charge on any atom is -0.508 e. The van der Waals surface area contributed by atoms with Gasteiger partial charge in [0.2, 0.25) is 65.0 Å². The Hall–Kier alpha value is -11.1. The Kier molecular flexibility index (Phi) is 34.6. The van der Waals surface area contributed by atoms with Gasteiger partial charge in [-0.1, -0.05) is 98.2 Å². The molecule has 107 heavy (non-hydrogen) atoms. The van der Waals surface area contributed by atoms with Crippen molar-refractivity contribution >= 4 is 110 Å². The van der Waals surface area contributed by atoms with Crippen LogP contribution in [0, 0.1) is 5.92 Å². The summed E-state index contributed by atoms with van der Waals surface area (Å²) >= 11 is 6.23. The summed E-state index contributed by atoms with van der Waals surface area (Å²) in [5.41, 5.74) is 23.9. The Balaban J connectivity index is 0.00000397. The van der Waals surface area contributed by atoms with E-state index in [0.29, 0.717) is 33.7 Å². The molecule has 37 heteroatoms. The third-order valence-electron chi connectivity index (χ3n) is 16.7. The summed E-state index contributed by atoms with van der Waals surface area (Å²) in [5, 5.41) is 49.5. The van der Waals surface area contributed by atoms with Gasteiger partial charge in [0, 0.05) is 69.7 Å². The second-order valence-electron chi connectivity index (χ2n) is 25.8. The number of aromatic hydroxyl groups is 1. The average molecular weight is 1530 g/mol. The van der Waals surface area contributed by atoms with Gasteiger partial charge in [0.05, 0.1) is 6.61 Å². The van der Waals surface area contributed by atoms with Crippen molar-refractivity contribution in [2.24, 2.45) is 33.8 Å². The molecule has 580 valence electrons. The van der Waals surface area contributed by atoms with Crippen LogP contribution in [0.2, 0.25) is 5.02 Å². The molecule has 0 aliphatic carbocycles. The molecule has 0 saturated carbocycles. The maximum Gasteiger partial charge on any atom is 0.394 e. The number of likely N-dealkylation sites (tertiary alicyclic amines) is 1. The van der Waals surface area contributed by atoms with Gasteiger partial charge in [-0.25, -0.2) is 4.79 Å². The number of amides is 13. The van der Waals surface area contributed by atoms with Gasteiger partial charge in [-0.05, 0) is 121 Å². The summed E-state index contributed by atoms with van der Waals surface area (Å²) in [4.78, 5) is 176. The third kappa shape index (κ3) is 30.9. The summed E-state index contributed by atoms with van der Waals surface area (Å²) in [7, 11) is -4.67. The third-order valence-corrected chi connectivity index (χ3v) is 16.9. The fourth-order valence-electron chi connectivity index (χ4n) is 11.4. The van der Waals surface area contributed by atoms with Crippen molar-refractivity contribution < 1.29 is 85.3 Å². The van der Waals surface area contributed by atoms with E-state index in [9.17, 15) is 67.7 Å². The number of urea groups is 1. The first-order chi connectivity index (χ1) is 50.6. The highest BCUT2D eigenvalue weighted by Crippen LogP contribution is 2.22. The number of nitrogens with two attached hydrogens (primary N) is 4. The van der Waals surface area contributed by atoms with Crippen molar-refractivity contribution in [3.05, 3.63) is 143 Å². The molecule has 22 N–H and O–H groups in total. The number of guanidine groups is 1. The van der Waals surface area contributed by atoms with Crippen LogP contribution in [0.3, 0.4) is 0 Å². The molecule has 5 aromatic rings. The summed E-state index contributed by atoms with van der Waals surface area (Å²) < 4.78 is 31.6. The first-order valence-corrected chi connectivity index (χ1v) is 35.9. The maximum atomic E-state index is 14.9. The number of halogens is 1. The number of benzene rings is 4. The Morgan fingerprint density at radius 3 is 1.59 bits per heavy atom. The second kappa shape index (κ2) is 42.8. The van der Waals surface area contributed by atoms with E-state index in [1.165, 1.54) is 55.4 Å². The van der Waals surface area contributed by atoms with Gasteiger partial charge in [0.1, 0.15) is 66.2 Å². The van der Waals surface area contributed by atoms with Crippen LogP contribution in [0.15, 0.2) is 121 Å². The highest BCUT2D eigenvalue weighted by molar-refractivity contribution is 7.79. The van der Waals surface area contributed by atoms with E-state index in [2.05, 4.69) is 63.1 Å². The van der Waals surface area contributed by atoms with Crippen molar-refractivity contribution in [2.45, 2.75) is 159 Å². The van der Waals surface area contributed by atoms with Crippen molar-refractivity contribution in [3.63, 3.8) is 0 Å². The van der Waals surface area contributed by atoms with E-state index >= 15 is 0 Å². The molecular weight excluding hydrogens is 1430 g/mol. The Bertz CT molecular complexity index is 4040. The van der Waals surface area contributed by atoms with Gasteiger partial charge in [0.15, 0.2) is 5.96 Å².